The number of anilines is 1. The second-order valence-electron chi connectivity index (χ2n) is 4.00. The molecule has 0 bridgehead atoms. The molecule has 0 spiro atoms. The maximum atomic E-state index is 10.6. The van der Waals surface area contributed by atoms with E-state index in [9.17, 15) is 4.79 Å². The fourth-order valence-corrected chi connectivity index (χ4v) is 1.60. The average Bonchev–Trinajstić information content (AvgIpc) is 2.81. The Hall–Kier alpha value is -2.25. The van der Waals surface area contributed by atoms with E-state index in [1.165, 1.54) is 4.63 Å². The smallest absolute Gasteiger partial charge is 0.303 e. The van der Waals surface area contributed by atoms with E-state index in [-0.39, 0.29) is 12.3 Å². The molecule has 0 amide bonds. The lowest BCUT2D eigenvalue weighted by molar-refractivity contribution is -0.138. The second-order valence-corrected chi connectivity index (χ2v) is 4.00. The Kier molecular flexibility index (Phi) is 3.66. The molecule has 0 radical (unpaired) electrons. The fraction of sp³-hybridized carbons (Fsp3) is 0.500. The highest BCUT2D eigenvalue weighted by Gasteiger charge is 2.11. The van der Waals surface area contributed by atoms with Crippen LogP contribution in [0.4, 0.5) is 5.82 Å². The van der Waals surface area contributed by atoms with E-state index >= 15 is 0 Å². The van der Waals surface area contributed by atoms with Crippen LogP contribution in [0.15, 0.2) is 12.1 Å². The van der Waals surface area contributed by atoms with Crippen molar-refractivity contribution in [3.05, 3.63) is 12.1 Å². The van der Waals surface area contributed by atoms with Gasteiger partial charge in [-0.15, -0.1) is 14.8 Å². The number of carboxylic acid groups (broad SMARTS) is 1. The fourth-order valence-electron chi connectivity index (χ4n) is 1.60. The molecular formula is C10H14N6O2. The molecule has 0 aromatic carbocycles. The van der Waals surface area contributed by atoms with Crippen molar-refractivity contribution >= 4 is 17.4 Å². The number of aromatic nitrogens is 5. The summed E-state index contributed by atoms with van der Waals surface area (Å²) in [4.78, 5) is 10.6. The highest BCUT2D eigenvalue weighted by atomic mass is 16.4. The van der Waals surface area contributed by atoms with Crippen molar-refractivity contribution in [2.75, 3.05) is 11.9 Å². The van der Waals surface area contributed by atoms with Gasteiger partial charge in [-0.25, -0.2) is 0 Å². The van der Waals surface area contributed by atoms with Crippen molar-refractivity contribution in [2.24, 2.45) is 5.92 Å². The minimum atomic E-state index is -0.785. The number of carboxylic acids is 1. The van der Waals surface area contributed by atoms with Crippen LogP contribution in [0.25, 0.3) is 5.65 Å². The summed E-state index contributed by atoms with van der Waals surface area (Å²) in [6, 6.07) is 3.51. The first-order valence-corrected chi connectivity index (χ1v) is 5.70. The number of nitrogens with zero attached hydrogens (tertiary/aromatic N) is 5. The van der Waals surface area contributed by atoms with E-state index in [1.807, 2.05) is 6.92 Å². The van der Waals surface area contributed by atoms with Crippen LogP contribution in [0, 0.1) is 5.92 Å². The molecule has 0 aliphatic carbocycles. The molecule has 2 aromatic rings. The largest absolute Gasteiger partial charge is 0.481 e. The van der Waals surface area contributed by atoms with Gasteiger partial charge in [-0.3, -0.25) is 4.79 Å². The van der Waals surface area contributed by atoms with Crippen LogP contribution >= 0.6 is 0 Å². The van der Waals surface area contributed by atoms with E-state index in [1.54, 1.807) is 12.1 Å². The SMILES string of the molecule is CCC(CNc1ccc2nnnn2n1)CC(=O)O. The topological polar surface area (TPSA) is 105 Å². The Bertz CT molecular complexity index is 540. The molecule has 8 heteroatoms. The molecule has 2 aromatic heterocycles. The van der Waals surface area contributed by atoms with Gasteiger partial charge in [0.2, 0.25) is 0 Å². The predicted molar refractivity (Wildman–Crippen MR) is 63.1 cm³/mol. The molecule has 0 fully saturated rings. The minimum Gasteiger partial charge on any atom is -0.481 e. The van der Waals surface area contributed by atoms with Gasteiger partial charge in [0.15, 0.2) is 5.65 Å². The molecule has 0 aliphatic heterocycles. The molecule has 2 heterocycles. The van der Waals surface area contributed by atoms with Gasteiger partial charge in [0, 0.05) is 13.0 Å². The highest BCUT2D eigenvalue weighted by Crippen LogP contribution is 2.10. The first-order valence-electron chi connectivity index (χ1n) is 5.70. The maximum absolute atomic E-state index is 10.6. The summed E-state index contributed by atoms with van der Waals surface area (Å²) < 4.78 is 1.32. The van der Waals surface area contributed by atoms with Crippen LogP contribution in [0.1, 0.15) is 19.8 Å². The normalized spacial score (nSPS) is 12.5. The molecule has 8 nitrogen and oxygen atoms in total. The van der Waals surface area contributed by atoms with Crippen molar-refractivity contribution in [2.45, 2.75) is 19.8 Å². The Labute approximate surface area is 103 Å². The number of hydrogen-bond acceptors (Lipinski definition) is 6. The van der Waals surface area contributed by atoms with Crippen LogP contribution in [-0.2, 0) is 4.79 Å². The zero-order chi connectivity index (χ0) is 13.0. The summed E-state index contributed by atoms with van der Waals surface area (Å²) in [5.41, 5.74) is 0.568. The lowest BCUT2D eigenvalue weighted by Gasteiger charge is -2.13. The van der Waals surface area contributed by atoms with Crippen LogP contribution in [0.2, 0.25) is 0 Å². The molecule has 1 atom stereocenters. The van der Waals surface area contributed by atoms with E-state index < -0.39 is 5.97 Å². The summed E-state index contributed by atoms with van der Waals surface area (Å²) >= 11 is 0. The summed E-state index contributed by atoms with van der Waals surface area (Å²) in [6.07, 6.45) is 0.947. The third-order valence-corrected chi connectivity index (χ3v) is 2.68. The molecule has 96 valence electrons. The third-order valence-electron chi connectivity index (χ3n) is 2.68. The van der Waals surface area contributed by atoms with Crippen LogP contribution in [0.5, 0.6) is 0 Å². The number of carbonyl (C=O) groups is 1. The molecular weight excluding hydrogens is 236 g/mol. The zero-order valence-electron chi connectivity index (χ0n) is 9.94. The molecule has 1 unspecified atom stereocenters. The van der Waals surface area contributed by atoms with Crippen LogP contribution in [-0.4, -0.2) is 42.9 Å². The first-order chi connectivity index (χ1) is 8.69. The van der Waals surface area contributed by atoms with E-state index in [2.05, 4.69) is 25.9 Å². The Morgan fingerprint density at radius 1 is 1.56 bits per heavy atom. The van der Waals surface area contributed by atoms with Crippen molar-refractivity contribution < 1.29 is 9.90 Å². The monoisotopic (exact) mass is 250 g/mol. The highest BCUT2D eigenvalue weighted by molar-refractivity contribution is 5.67. The summed E-state index contributed by atoms with van der Waals surface area (Å²) in [5.74, 6) is -0.0833. The quantitative estimate of drug-likeness (QED) is 0.765. The Morgan fingerprint density at radius 2 is 2.39 bits per heavy atom. The minimum absolute atomic E-state index is 0.0777. The third kappa shape index (κ3) is 2.90. The lowest BCUT2D eigenvalue weighted by Crippen LogP contribution is -2.18. The van der Waals surface area contributed by atoms with Crippen LogP contribution in [0.3, 0.4) is 0 Å². The summed E-state index contributed by atoms with van der Waals surface area (Å²) in [5, 5.41) is 26.9. The van der Waals surface area contributed by atoms with Crippen molar-refractivity contribution in [1.29, 1.82) is 0 Å². The van der Waals surface area contributed by atoms with Gasteiger partial charge < -0.3 is 10.4 Å². The van der Waals surface area contributed by atoms with Gasteiger partial charge in [0.1, 0.15) is 5.82 Å². The van der Waals surface area contributed by atoms with E-state index in [0.717, 1.165) is 6.42 Å². The lowest BCUT2D eigenvalue weighted by atomic mass is 10.0. The molecule has 0 saturated carbocycles. The van der Waals surface area contributed by atoms with E-state index in [0.29, 0.717) is 18.0 Å². The van der Waals surface area contributed by atoms with Gasteiger partial charge >= 0.3 is 5.97 Å². The molecule has 18 heavy (non-hydrogen) atoms. The van der Waals surface area contributed by atoms with Gasteiger partial charge in [0.05, 0.1) is 0 Å². The predicted octanol–water partition coefficient (Wildman–Crippen LogP) is 0.432. The van der Waals surface area contributed by atoms with Crippen molar-refractivity contribution in [3.63, 3.8) is 0 Å². The van der Waals surface area contributed by atoms with Crippen molar-refractivity contribution in [3.8, 4) is 0 Å². The second kappa shape index (κ2) is 5.39. The number of fused-ring (bicyclic) bond motifs is 1. The standard InChI is InChI=1S/C10H14N6O2/c1-2-7(5-10(17)18)6-11-8-3-4-9-12-14-15-16(9)13-8/h3-4,7H,2,5-6H2,1H3,(H,11,13)(H,17,18). The Balaban J connectivity index is 1.97. The molecule has 2 N–H and O–H groups in total. The first kappa shape index (κ1) is 12.2. The maximum Gasteiger partial charge on any atom is 0.303 e. The van der Waals surface area contributed by atoms with Gasteiger partial charge in [0.25, 0.3) is 0 Å². The molecule has 0 aliphatic rings. The number of aliphatic carboxylic acids is 1. The number of nitrogens with one attached hydrogen (secondary N) is 1. The van der Waals surface area contributed by atoms with Crippen LogP contribution < -0.4 is 5.32 Å². The summed E-state index contributed by atoms with van der Waals surface area (Å²) in [7, 11) is 0. The number of rotatable bonds is 6. The van der Waals surface area contributed by atoms with Crippen molar-refractivity contribution in [1.82, 2.24) is 25.3 Å². The van der Waals surface area contributed by atoms with Gasteiger partial charge in [-0.2, -0.15) is 0 Å². The summed E-state index contributed by atoms with van der Waals surface area (Å²) in [6.45, 7) is 2.52. The number of hydrogen-bond donors (Lipinski definition) is 2. The number of tetrazole rings is 1. The average molecular weight is 250 g/mol. The van der Waals surface area contributed by atoms with E-state index in [4.69, 9.17) is 5.11 Å². The molecule has 0 saturated heterocycles. The van der Waals surface area contributed by atoms with Gasteiger partial charge in [-0.05, 0) is 28.5 Å². The molecule has 2 rings (SSSR count). The van der Waals surface area contributed by atoms with Gasteiger partial charge in [-0.1, -0.05) is 13.3 Å². The Morgan fingerprint density at radius 3 is 3.11 bits per heavy atom. The zero-order valence-corrected chi connectivity index (χ0v) is 9.94.